The van der Waals surface area contributed by atoms with Gasteiger partial charge in [-0.25, -0.2) is 14.3 Å². The molecule has 3 heterocycles. The van der Waals surface area contributed by atoms with Gasteiger partial charge in [0.05, 0.1) is 17.4 Å². The van der Waals surface area contributed by atoms with Crippen molar-refractivity contribution in [3.63, 3.8) is 0 Å². The second-order valence-corrected chi connectivity index (χ2v) is 9.69. The van der Waals surface area contributed by atoms with Crippen molar-refractivity contribution in [3.8, 4) is 11.3 Å². The molecule has 1 N–H and O–H groups in total. The Morgan fingerprint density at radius 1 is 1.03 bits per heavy atom. The van der Waals surface area contributed by atoms with Crippen LogP contribution in [-0.2, 0) is 9.59 Å². The SMILES string of the molecule is C[C@@H](c1ccccc1)N1C(=O)NC(=O)/C(=C/c2c(-c3ccccc3)nc3sc(C4CC4)nn23)C1=O. The van der Waals surface area contributed by atoms with Crippen LogP contribution in [0.1, 0.15) is 48.0 Å². The van der Waals surface area contributed by atoms with E-state index in [9.17, 15) is 14.4 Å². The molecule has 0 radical (unpaired) electrons. The smallest absolute Gasteiger partial charge is 0.273 e. The van der Waals surface area contributed by atoms with Crippen LogP contribution in [0.2, 0.25) is 0 Å². The summed E-state index contributed by atoms with van der Waals surface area (Å²) in [6.07, 6.45) is 3.72. The van der Waals surface area contributed by atoms with E-state index in [-0.39, 0.29) is 5.57 Å². The molecule has 4 amide bonds. The van der Waals surface area contributed by atoms with Gasteiger partial charge in [-0.2, -0.15) is 5.10 Å². The number of barbiturate groups is 1. The molecule has 0 unspecified atom stereocenters. The van der Waals surface area contributed by atoms with Gasteiger partial charge < -0.3 is 0 Å². The highest BCUT2D eigenvalue weighted by molar-refractivity contribution is 7.16. The number of carbonyl (C=O) groups is 3. The first-order valence-electron chi connectivity index (χ1n) is 11.4. The van der Waals surface area contributed by atoms with Crippen LogP contribution in [0.4, 0.5) is 4.79 Å². The maximum absolute atomic E-state index is 13.5. The summed E-state index contributed by atoms with van der Waals surface area (Å²) in [5.41, 5.74) is 2.66. The molecule has 8 nitrogen and oxygen atoms in total. The van der Waals surface area contributed by atoms with E-state index < -0.39 is 23.9 Å². The van der Waals surface area contributed by atoms with Gasteiger partial charge in [0.1, 0.15) is 10.6 Å². The fourth-order valence-electron chi connectivity index (χ4n) is 4.25. The third kappa shape index (κ3) is 3.74. The summed E-state index contributed by atoms with van der Waals surface area (Å²) in [6, 6.07) is 17.5. The summed E-state index contributed by atoms with van der Waals surface area (Å²) in [6.45, 7) is 1.76. The van der Waals surface area contributed by atoms with Crippen LogP contribution in [0.5, 0.6) is 0 Å². The Kier molecular flexibility index (Phi) is 5.07. The Hall–Kier alpha value is -4.11. The Labute approximate surface area is 204 Å². The van der Waals surface area contributed by atoms with Crippen molar-refractivity contribution in [1.82, 2.24) is 24.8 Å². The fraction of sp³-hybridized carbons (Fsp3) is 0.192. The minimum Gasteiger partial charge on any atom is -0.273 e. The van der Waals surface area contributed by atoms with Gasteiger partial charge in [-0.15, -0.1) is 0 Å². The number of urea groups is 1. The number of hydrogen-bond donors (Lipinski definition) is 1. The molecule has 1 aliphatic carbocycles. The maximum Gasteiger partial charge on any atom is 0.331 e. The molecule has 2 aromatic heterocycles. The highest BCUT2D eigenvalue weighted by Gasteiger charge is 2.39. The summed E-state index contributed by atoms with van der Waals surface area (Å²) in [7, 11) is 0. The molecule has 35 heavy (non-hydrogen) atoms. The monoisotopic (exact) mass is 483 g/mol. The summed E-state index contributed by atoms with van der Waals surface area (Å²) in [5, 5.41) is 8.08. The molecule has 2 aromatic carbocycles. The van der Waals surface area contributed by atoms with E-state index in [1.807, 2.05) is 60.7 Å². The van der Waals surface area contributed by atoms with E-state index in [0.717, 1.165) is 33.9 Å². The zero-order chi connectivity index (χ0) is 24.1. The first-order valence-corrected chi connectivity index (χ1v) is 12.2. The minimum atomic E-state index is -0.736. The van der Waals surface area contributed by atoms with Crippen molar-refractivity contribution in [2.75, 3.05) is 0 Å². The van der Waals surface area contributed by atoms with Gasteiger partial charge in [0.15, 0.2) is 0 Å². The average Bonchev–Trinajstić information content (AvgIpc) is 3.55. The van der Waals surface area contributed by atoms with Crippen LogP contribution < -0.4 is 5.32 Å². The molecule has 2 aliphatic rings. The van der Waals surface area contributed by atoms with Crippen molar-refractivity contribution in [2.24, 2.45) is 0 Å². The van der Waals surface area contributed by atoms with E-state index in [1.165, 1.54) is 17.4 Å². The number of aromatic nitrogens is 3. The average molecular weight is 484 g/mol. The highest BCUT2D eigenvalue weighted by Crippen LogP contribution is 2.42. The van der Waals surface area contributed by atoms with Crippen LogP contribution in [0, 0.1) is 0 Å². The zero-order valence-corrected chi connectivity index (χ0v) is 19.7. The van der Waals surface area contributed by atoms with Crippen LogP contribution in [0.15, 0.2) is 66.2 Å². The molecule has 9 heteroatoms. The third-order valence-corrected chi connectivity index (χ3v) is 7.38. The van der Waals surface area contributed by atoms with Crippen molar-refractivity contribution in [1.29, 1.82) is 0 Å². The maximum atomic E-state index is 13.5. The highest BCUT2D eigenvalue weighted by atomic mass is 32.1. The largest absolute Gasteiger partial charge is 0.331 e. The van der Waals surface area contributed by atoms with Crippen LogP contribution in [0.3, 0.4) is 0 Å². The van der Waals surface area contributed by atoms with Gasteiger partial charge in [-0.1, -0.05) is 72.0 Å². The van der Waals surface area contributed by atoms with Crippen molar-refractivity contribution in [3.05, 3.63) is 82.5 Å². The Morgan fingerprint density at radius 2 is 1.71 bits per heavy atom. The van der Waals surface area contributed by atoms with Crippen LogP contribution in [-0.4, -0.2) is 37.3 Å². The second-order valence-electron chi connectivity index (χ2n) is 8.70. The van der Waals surface area contributed by atoms with Crippen LogP contribution in [0.25, 0.3) is 22.3 Å². The number of benzene rings is 2. The number of imide groups is 2. The lowest BCUT2D eigenvalue weighted by molar-refractivity contribution is -0.131. The lowest BCUT2D eigenvalue weighted by Crippen LogP contribution is -2.54. The number of hydrogen-bond acceptors (Lipinski definition) is 6. The lowest BCUT2D eigenvalue weighted by atomic mass is 10.0. The van der Waals surface area contributed by atoms with Gasteiger partial charge >= 0.3 is 6.03 Å². The molecule has 1 saturated heterocycles. The summed E-state index contributed by atoms with van der Waals surface area (Å²) in [4.78, 5) is 45.6. The van der Waals surface area contributed by atoms with Crippen molar-refractivity contribution < 1.29 is 14.4 Å². The van der Waals surface area contributed by atoms with Gasteiger partial charge in [0, 0.05) is 11.5 Å². The first kappa shape index (κ1) is 21.4. The topological polar surface area (TPSA) is 96.7 Å². The quantitative estimate of drug-likeness (QED) is 0.332. The molecule has 0 spiro atoms. The number of carbonyl (C=O) groups excluding carboxylic acids is 3. The molecular weight excluding hydrogens is 462 g/mol. The number of nitrogens with zero attached hydrogens (tertiary/aromatic N) is 4. The first-order chi connectivity index (χ1) is 17.0. The summed E-state index contributed by atoms with van der Waals surface area (Å²) < 4.78 is 1.70. The van der Waals surface area contributed by atoms with Crippen molar-refractivity contribution >= 4 is 40.2 Å². The van der Waals surface area contributed by atoms with E-state index in [1.54, 1.807) is 11.4 Å². The Bertz CT molecular complexity index is 1500. The molecule has 4 aromatic rings. The van der Waals surface area contributed by atoms with Crippen molar-refractivity contribution in [2.45, 2.75) is 31.7 Å². The lowest BCUT2D eigenvalue weighted by Gasteiger charge is -2.31. The molecular formula is C26H21N5O3S. The van der Waals surface area contributed by atoms with Gasteiger partial charge in [0.25, 0.3) is 11.8 Å². The number of nitrogens with one attached hydrogen (secondary N) is 1. The van der Waals surface area contributed by atoms with E-state index in [2.05, 4.69) is 5.32 Å². The molecule has 1 atom stereocenters. The predicted octanol–water partition coefficient (Wildman–Crippen LogP) is 4.56. The third-order valence-electron chi connectivity index (χ3n) is 6.31. The molecule has 1 aliphatic heterocycles. The van der Waals surface area contributed by atoms with Gasteiger partial charge in [0.2, 0.25) is 4.96 Å². The van der Waals surface area contributed by atoms with E-state index in [0.29, 0.717) is 22.3 Å². The Balaban J connectivity index is 1.47. The number of rotatable bonds is 5. The zero-order valence-electron chi connectivity index (χ0n) is 18.8. The molecule has 174 valence electrons. The number of imidazole rings is 1. The molecule has 6 rings (SSSR count). The number of fused-ring (bicyclic) bond motifs is 1. The van der Waals surface area contributed by atoms with E-state index >= 15 is 0 Å². The number of amides is 4. The predicted molar refractivity (Wildman–Crippen MR) is 131 cm³/mol. The van der Waals surface area contributed by atoms with Crippen LogP contribution >= 0.6 is 11.3 Å². The summed E-state index contributed by atoms with van der Waals surface area (Å²) in [5.74, 6) is -0.938. The normalized spacial score (nSPS) is 18.4. The van der Waals surface area contributed by atoms with E-state index in [4.69, 9.17) is 10.1 Å². The molecule has 1 saturated carbocycles. The Morgan fingerprint density at radius 3 is 2.40 bits per heavy atom. The molecule has 0 bridgehead atoms. The van der Waals surface area contributed by atoms with Gasteiger partial charge in [-0.05, 0) is 31.4 Å². The minimum absolute atomic E-state index is 0.132. The fourth-order valence-corrected chi connectivity index (χ4v) is 5.33. The standard InChI is InChI=1S/C26H21N5O3S/c1-15(16-8-4-2-5-9-16)30-24(33)19(22(32)28-25(30)34)14-20-21(17-10-6-3-7-11-17)27-26-31(20)29-23(35-26)18-12-13-18/h2-11,14-15,18H,12-13H2,1H3,(H,28,32,34)/b19-14-/t15-/m0/s1. The molecule has 2 fully saturated rings. The second kappa shape index (κ2) is 8.28. The summed E-state index contributed by atoms with van der Waals surface area (Å²) >= 11 is 1.53. The van der Waals surface area contributed by atoms with Gasteiger partial charge in [-0.3, -0.25) is 19.8 Å².